The second-order valence-corrected chi connectivity index (χ2v) is 5.68. The Morgan fingerprint density at radius 3 is 2.55 bits per heavy atom. The lowest BCUT2D eigenvalue weighted by Crippen LogP contribution is -2.31. The number of benzene rings is 2. The zero-order chi connectivity index (χ0) is 14.5. The smallest absolute Gasteiger partial charge is 0.171 e. The highest BCUT2D eigenvalue weighted by Gasteiger charge is 2.08. The molecule has 0 radical (unpaired) electrons. The van der Waals surface area contributed by atoms with Crippen molar-refractivity contribution in [3.05, 3.63) is 64.4 Å². The maximum atomic E-state index is 13.7. The zero-order valence-corrected chi connectivity index (χ0v) is 13.3. The molecule has 2 rings (SSSR count). The van der Waals surface area contributed by atoms with Gasteiger partial charge in [0.15, 0.2) is 5.11 Å². The van der Waals surface area contributed by atoms with E-state index >= 15 is 0 Å². The van der Waals surface area contributed by atoms with Gasteiger partial charge in [0, 0.05) is 4.47 Å². The minimum atomic E-state index is -0.351. The Hall–Kier alpha value is -1.46. The number of nitrogens with one attached hydrogen (secondary N) is 2. The highest BCUT2D eigenvalue weighted by molar-refractivity contribution is 9.10. The molecule has 0 unspecified atom stereocenters. The summed E-state index contributed by atoms with van der Waals surface area (Å²) in [6.07, 6.45) is 0. The minimum absolute atomic E-state index is 0.0507. The number of halogens is 2. The first-order valence-corrected chi connectivity index (χ1v) is 7.34. The fourth-order valence-corrected chi connectivity index (χ4v) is 2.39. The Morgan fingerprint density at radius 2 is 1.90 bits per heavy atom. The van der Waals surface area contributed by atoms with E-state index in [4.69, 9.17) is 12.2 Å². The molecule has 2 nitrogen and oxygen atoms in total. The van der Waals surface area contributed by atoms with E-state index in [0.29, 0.717) is 15.3 Å². The van der Waals surface area contributed by atoms with Crippen LogP contribution in [0.25, 0.3) is 0 Å². The third-order valence-corrected chi connectivity index (χ3v) is 3.54. The first-order chi connectivity index (χ1) is 9.56. The summed E-state index contributed by atoms with van der Waals surface area (Å²) >= 11 is 8.42. The predicted octanol–water partition coefficient (Wildman–Crippen LogP) is 4.64. The van der Waals surface area contributed by atoms with E-state index in [9.17, 15) is 4.39 Å². The third-order valence-electron chi connectivity index (χ3n) is 2.83. The lowest BCUT2D eigenvalue weighted by Gasteiger charge is -2.17. The van der Waals surface area contributed by atoms with Crippen LogP contribution in [0.1, 0.15) is 18.5 Å². The van der Waals surface area contributed by atoms with Gasteiger partial charge in [0.05, 0.1) is 11.7 Å². The maximum Gasteiger partial charge on any atom is 0.171 e. The van der Waals surface area contributed by atoms with Crippen molar-refractivity contribution < 1.29 is 4.39 Å². The number of hydrogen-bond donors (Lipinski definition) is 2. The van der Waals surface area contributed by atoms with Crippen LogP contribution < -0.4 is 10.6 Å². The number of anilines is 1. The number of hydrogen-bond acceptors (Lipinski definition) is 1. The van der Waals surface area contributed by atoms with Gasteiger partial charge in [0.1, 0.15) is 5.82 Å². The molecule has 0 amide bonds. The quantitative estimate of drug-likeness (QED) is 0.787. The van der Waals surface area contributed by atoms with Gasteiger partial charge in [-0.25, -0.2) is 4.39 Å². The van der Waals surface area contributed by atoms with E-state index < -0.39 is 0 Å². The molecule has 0 spiro atoms. The van der Waals surface area contributed by atoms with Crippen molar-refractivity contribution in [1.82, 2.24) is 5.32 Å². The minimum Gasteiger partial charge on any atom is -0.356 e. The lowest BCUT2D eigenvalue weighted by atomic mass is 10.1. The first-order valence-electron chi connectivity index (χ1n) is 6.14. The van der Waals surface area contributed by atoms with E-state index in [-0.39, 0.29) is 11.9 Å². The average molecular weight is 353 g/mol. The van der Waals surface area contributed by atoms with Gasteiger partial charge < -0.3 is 10.6 Å². The number of rotatable bonds is 3. The van der Waals surface area contributed by atoms with Gasteiger partial charge in [-0.05, 0) is 42.9 Å². The van der Waals surface area contributed by atoms with Crippen molar-refractivity contribution in [3.8, 4) is 0 Å². The van der Waals surface area contributed by atoms with E-state index in [1.807, 2.05) is 37.3 Å². The summed E-state index contributed by atoms with van der Waals surface area (Å²) in [6.45, 7) is 2.00. The van der Waals surface area contributed by atoms with Gasteiger partial charge in [-0.15, -0.1) is 0 Å². The molecule has 2 aromatic carbocycles. The summed E-state index contributed by atoms with van der Waals surface area (Å²) in [7, 11) is 0. The molecule has 0 aliphatic heterocycles. The predicted molar refractivity (Wildman–Crippen MR) is 88.3 cm³/mol. The molecular weight excluding hydrogens is 339 g/mol. The SMILES string of the molecule is C[C@H](NC(=S)Nc1ccc(Br)cc1F)c1ccccc1. The van der Waals surface area contributed by atoms with Crippen LogP contribution in [-0.2, 0) is 0 Å². The van der Waals surface area contributed by atoms with Crippen LogP contribution in [0.4, 0.5) is 10.1 Å². The van der Waals surface area contributed by atoms with Crippen molar-refractivity contribution >= 4 is 38.9 Å². The summed E-state index contributed by atoms with van der Waals surface area (Å²) in [5.74, 6) is -0.351. The Balaban J connectivity index is 1.99. The second kappa shape index (κ2) is 6.81. The van der Waals surface area contributed by atoms with Crippen LogP contribution in [-0.4, -0.2) is 5.11 Å². The molecular formula is C15H14BrFN2S. The standard InChI is InChI=1S/C15H14BrFN2S/c1-10(11-5-3-2-4-6-11)18-15(20)19-14-8-7-12(16)9-13(14)17/h2-10H,1H3,(H2,18,19,20)/t10-/m0/s1. The monoisotopic (exact) mass is 352 g/mol. The van der Waals surface area contributed by atoms with Gasteiger partial charge in [-0.2, -0.15) is 0 Å². The molecule has 0 aromatic heterocycles. The molecule has 1 atom stereocenters. The molecule has 20 heavy (non-hydrogen) atoms. The molecule has 0 fully saturated rings. The van der Waals surface area contributed by atoms with Gasteiger partial charge >= 0.3 is 0 Å². The van der Waals surface area contributed by atoms with Crippen molar-refractivity contribution in [2.24, 2.45) is 0 Å². The zero-order valence-electron chi connectivity index (χ0n) is 10.9. The van der Waals surface area contributed by atoms with Crippen LogP contribution in [0.5, 0.6) is 0 Å². The Morgan fingerprint density at radius 1 is 1.20 bits per heavy atom. The van der Waals surface area contributed by atoms with Gasteiger partial charge in [-0.1, -0.05) is 46.3 Å². The van der Waals surface area contributed by atoms with Crippen molar-refractivity contribution in [2.75, 3.05) is 5.32 Å². The van der Waals surface area contributed by atoms with E-state index in [0.717, 1.165) is 5.56 Å². The molecule has 2 aromatic rings. The van der Waals surface area contributed by atoms with Crippen LogP contribution in [0.15, 0.2) is 53.0 Å². The van der Waals surface area contributed by atoms with Gasteiger partial charge in [-0.3, -0.25) is 0 Å². The Labute approximate surface area is 131 Å². The molecule has 104 valence electrons. The van der Waals surface area contributed by atoms with Gasteiger partial charge in [0.25, 0.3) is 0 Å². The summed E-state index contributed by atoms with van der Waals surface area (Å²) in [4.78, 5) is 0. The summed E-state index contributed by atoms with van der Waals surface area (Å²) in [5.41, 5.74) is 1.47. The largest absolute Gasteiger partial charge is 0.356 e. The van der Waals surface area contributed by atoms with Crippen LogP contribution in [0.3, 0.4) is 0 Å². The Bertz CT molecular complexity index is 604. The molecule has 0 heterocycles. The second-order valence-electron chi connectivity index (χ2n) is 4.36. The summed E-state index contributed by atoms with van der Waals surface area (Å²) in [5, 5.41) is 6.38. The summed E-state index contributed by atoms with van der Waals surface area (Å²) in [6, 6.07) is 14.8. The topological polar surface area (TPSA) is 24.1 Å². The average Bonchev–Trinajstić information content (AvgIpc) is 2.43. The van der Waals surface area contributed by atoms with Crippen LogP contribution in [0, 0.1) is 5.82 Å². The van der Waals surface area contributed by atoms with E-state index in [1.54, 1.807) is 12.1 Å². The lowest BCUT2D eigenvalue weighted by molar-refractivity contribution is 0.631. The van der Waals surface area contributed by atoms with Crippen molar-refractivity contribution in [2.45, 2.75) is 13.0 Å². The highest BCUT2D eigenvalue weighted by atomic mass is 79.9. The molecule has 0 bridgehead atoms. The van der Waals surface area contributed by atoms with Gasteiger partial charge in [0.2, 0.25) is 0 Å². The normalized spacial score (nSPS) is 11.8. The summed E-state index contributed by atoms with van der Waals surface area (Å²) < 4.78 is 14.4. The third kappa shape index (κ3) is 4.02. The molecule has 0 saturated carbocycles. The fraction of sp³-hybridized carbons (Fsp3) is 0.133. The van der Waals surface area contributed by atoms with Crippen LogP contribution in [0.2, 0.25) is 0 Å². The molecule has 0 aliphatic rings. The Kier molecular flexibility index (Phi) is 5.09. The van der Waals surface area contributed by atoms with E-state index in [1.165, 1.54) is 6.07 Å². The maximum absolute atomic E-state index is 13.7. The first kappa shape index (κ1) is 14.9. The number of thiocarbonyl (C=S) groups is 1. The van der Waals surface area contributed by atoms with E-state index in [2.05, 4.69) is 26.6 Å². The van der Waals surface area contributed by atoms with Crippen molar-refractivity contribution in [1.29, 1.82) is 0 Å². The highest BCUT2D eigenvalue weighted by Crippen LogP contribution is 2.19. The van der Waals surface area contributed by atoms with Crippen LogP contribution >= 0.6 is 28.1 Å². The molecule has 5 heteroatoms. The molecule has 0 aliphatic carbocycles. The fourth-order valence-electron chi connectivity index (χ4n) is 1.77. The van der Waals surface area contributed by atoms with Crippen molar-refractivity contribution in [3.63, 3.8) is 0 Å². The molecule has 2 N–H and O–H groups in total. The molecule has 0 saturated heterocycles.